The number of benzene rings is 1. The van der Waals surface area contributed by atoms with Gasteiger partial charge in [-0.25, -0.2) is 4.98 Å². The monoisotopic (exact) mass is 381 g/mol. The Morgan fingerprint density at radius 1 is 1.08 bits per heavy atom. The molecule has 5 atom stereocenters. The molecule has 2 heterocycles. The highest BCUT2D eigenvalue weighted by molar-refractivity contribution is 7.09. The minimum Gasteiger partial charge on any atom is -0.394 e. The van der Waals surface area contributed by atoms with E-state index in [0.717, 1.165) is 22.7 Å². The second-order valence-electron chi connectivity index (χ2n) is 6.16. The lowest BCUT2D eigenvalue weighted by atomic mass is 9.99. The molecule has 5 unspecified atom stereocenters. The summed E-state index contributed by atoms with van der Waals surface area (Å²) in [5, 5.41) is 41.5. The van der Waals surface area contributed by atoms with Gasteiger partial charge in [0, 0.05) is 17.4 Å². The maximum Gasteiger partial charge on any atom is 0.186 e. The van der Waals surface area contributed by atoms with E-state index in [1.54, 1.807) is 11.3 Å². The van der Waals surface area contributed by atoms with Crippen LogP contribution in [-0.2, 0) is 15.9 Å². The van der Waals surface area contributed by atoms with Crippen molar-refractivity contribution >= 4 is 11.3 Å². The Morgan fingerprint density at radius 2 is 1.85 bits per heavy atom. The predicted molar refractivity (Wildman–Crippen MR) is 95.6 cm³/mol. The molecule has 8 heteroatoms. The Morgan fingerprint density at radius 3 is 2.58 bits per heavy atom. The number of hydrogen-bond donors (Lipinski definition) is 4. The number of aryl methyl sites for hydroxylation is 1. The number of aliphatic hydroxyl groups excluding tert-OH is 4. The molecular weight excluding hydrogens is 358 g/mol. The first-order valence-corrected chi connectivity index (χ1v) is 9.40. The van der Waals surface area contributed by atoms with E-state index in [-0.39, 0.29) is 0 Å². The third-order valence-corrected chi connectivity index (χ3v) is 5.20. The van der Waals surface area contributed by atoms with Crippen LogP contribution in [0.4, 0.5) is 0 Å². The Labute approximate surface area is 155 Å². The first-order valence-electron chi connectivity index (χ1n) is 8.52. The van der Waals surface area contributed by atoms with Crippen LogP contribution in [-0.4, -0.2) is 69.3 Å². The van der Waals surface area contributed by atoms with Crippen molar-refractivity contribution < 1.29 is 29.9 Å². The van der Waals surface area contributed by atoms with Crippen LogP contribution in [0, 0.1) is 0 Å². The van der Waals surface area contributed by atoms with Crippen molar-refractivity contribution in [2.75, 3.05) is 13.2 Å². The highest BCUT2D eigenvalue weighted by Crippen LogP contribution is 2.24. The van der Waals surface area contributed by atoms with Crippen LogP contribution >= 0.6 is 11.3 Å². The molecule has 0 radical (unpaired) electrons. The van der Waals surface area contributed by atoms with Gasteiger partial charge in [-0.2, -0.15) is 0 Å². The fourth-order valence-electron chi connectivity index (χ4n) is 2.80. The Bertz CT molecular complexity index is 679. The van der Waals surface area contributed by atoms with Gasteiger partial charge in [0.05, 0.1) is 23.9 Å². The standard InChI is InChI=1S/C18H23NO6S/c20-9-13-15(21)16(22)17(23)18(25-13)24-8-4-7-14-19-12(10-26-14)11-5-2-1-3-6-11/h1-3,5-6,10,13,15-18,20-23H,4,7-9H2. The maximum absolute atomic E-state index is 9.92. The van der Waals surface area contributed by atoms with Crippen LogP contribution in [0.5, 0.6) is 0 Å². The van der Waals surface area contributed by atoms with Gasteiger partial charge in [0.25, 0.3) is 0 Å². The van der Waals surface area contributed by atoms with E-state index in [4.69, 9.17) is 14.6 Å². The topological polar surface area (TPSA) is 112 Å². The summed E-state index contributed by atoms with van der Waals surface area (Å²) < 4.78 is 10.8. The number of rotatable bonds is 7. The lowest BCUT2D eigenvalue weighted by Crippen LogP contribution is -2.59. The number of aromatic nitrogens is 1. The molecule has 0 aliphatic carbocycles. The summed E-state index contributed by atoms with van der Waals surface area (Å²) in [6.07, 6.45) is -4.81. The molecule has 142 valence electrons. The van der Waals surface area contributed by atoms with E-state index in [1.165, 1.54) is 0 Å². The van der Waals surface area contributed by atoms with Gasteiger partial charge in [-0.05, 0) is 6.42 Å². The van der Waals surface area contributed by atoms with E-state index >= 15 is 0 Å². The quantitative estimate of drug-likeness (QED) is 0.519. The average molecular weight is 381 g/mol. The first-order chi connectivity index (χ1) is 12.6. The summed E-state index contributed by atoms with van der Waals surface area (Å²) in [6, 6.07) is 9.95. The van der Waals surface area contributed by atoms with Crippen molar-refractivity contribution in [2.24, 2.45) is 0 Å². The molecular formula is C18H23NO6S. The van der Waals surface area contributed by atoms with E-state index in [2.05, 4.69) is 4.98 Å². The molecule has 7 nitrogen and oxygen atoms in total. The van der Waals surface area contributed by atoms with Gasteiger partial charge in [-0.1, -0.05) is 30.3 Å². The van der Waals surface area contributed by atoms with E-state index in [1.807, 2.05) is 35.7 Å². The number of ether oxygens (including phenoxy) is 2. The van der Waals surface area contributed by atoms with Crippen LogP contribution < -0.4 is 0 Å². The third-order valence-electron chi connectivity index (χ3n) is 4.29. The average Bonchev–Trinajstić information content (AvgIpc) is 3.14. The molecule has 1 aromatic heterocycles. The molecule has 26 heavy (non-hydrogen) atoms. The molecule has 0 spiro atoms. The second kappa shape index (κ2) is 9.01. The van der Waals surface area contributed by atoms with Gasteiger partial charge in [-0.3, -0.25) is 0 Å². The molecule has 1 saturated heterocycles. The number of nitrogens with zero attached hydrogens (tertiary/aromatic N) is 1. The van der Waals surface area contributed by atoms with Crippen molar-refractivity contribution in [1.29, 1.82) is 0 Å². The van der Waals surface area contributed by atoms with Gasteiger partial charge >= 0.3 is 0 Å². The Balaban J connectivity index is 1.46. The predicted octanol–water partition coefficient (Wildman–Crippen LogP) is 0.559. The summed E-state index contributed by atoms with van der Waals surface area (Å²) in [6.45, 7) is -0.172. The lowest BCUT2D eigenvalue weighted by molar-refractivity contribution is -0.301. The van der Waals surface area contributed by atoms with Crippen LogP contribution in [0.1, 0.15) is 11.4 Å². The number of aliphatic hydroxyl groups is 4. The van der Waals surface area contributed by atoms with Crippen LogP contribution in [0.25, 0.3) is 11.3 Å². The smallest absolute Gasteiger partial charge is 0.186 e. The van der Waals surface area contributed by atoms with Gasteiger partial charge in [0.15, 0.2) is 6.29 Å². The zero-order valence-corrected chi connectivity index (χ0v) is 15.0. The van der Waals surface area contributed by atoms with Crippen molar-refractivity contribution in [3.05, 3.63) is 40.7 Å². The molecule has 1 aliphatic heterocycles. The molecule has 1 aromatic carbocycles. The first kappa shape index (κ1) is 19.4. The zero-order valence-electron chi connectivity index (χ0n) is 14.1. The lowest BCUT2D eigenvalue weighted by Gasteiger charge is -2.39. The molecule has 0 saturated carbocycles. The summed E-state index contributed by atoms with van der Waals surface area (Å²) in [5.74, 6) is 0. The highest BCUT2D eigenvalue weighted by atomic mass is 32.1. The fourth-order valence-corrected chi connectivity index (χ4v) is 3.64. The van der Waals surface area contributed by atoms with Crippen molar-refractivity contribution in [3.63, 3.8) is 0 Å². The minimum atomic E-state index is -1.42. The molecule has 1 fully saturated rings. The Hall–Kier alpha value is -1.39. The van der Waals surface area contributed by atoms with Gasteiger partial charge in [0.2, 0.25) is 0 Å². The summed E-state index contributed by atoms with van der Waals surface area (Å²) in [5.41, 5.74) is 2.02. The number of thiazole rings is 1. The summed E-state index contributed by atoms with van der Waals surface area (Å²) in [4.78, 5) is 4.60. The fraction of sp³-hybridized carbons (Fsp3) is 0.500. The molecule has 2 aromatic rings. The second-order valence-corrected chi connectivity index (χ2v) is 7.11. The number of hydrogen-bond acceptors (Lipinski definition) is 8. The molecule has 1 aliphatic rings. The van der Waals surface area contributed by atoms with Crippen LogP contribution in [0.15, 0.2) is 35.7 Å². The van der Waals surface area contributed by atoms with Crippen molar-refractivity contribution in [3.8, 4) is 11.3 Å². The molecule has 3 rings (SSSR count). The Kier molecular flexibility index (Phi) is 6.71. The highest BCUT2D eigenvalue weighted by Gasteiger charge is 2.43. The summed E-state index contributed by atoms with van der Waals surface area (Å²) >= 11 is 1.58. The molecule has 0 bridgehead atoms. The third kappa shape index (κ3) is 4.47. The van der Waals surface area contributed by atoms with E-state index < -0.39 is 37.3 Å². The van der Waals surface area contributed by atoms with Gasteiger partial charge in [0.1, 0.15) is 24.4 Å². The van der Waals surface area contributed by atoms with Crippen molar-refractivity contribution in [1.82, 2.24) is 4.98 Å². The zero-order chi connectivity index (χ0) is 18.5. The van der Waals surface area contributed by atoms with E-state index in [9.17, 15) is 15.3 Å². The molecule has 0 amide bonds. The summed E-state index contributed by atoms with van der Waals surface area (Å²) in [7, 11) is 0. The van der Waals surface area contributed by atoms with Crippen LogP contribution in [0.3, 0.4) is 0 Å². The van der Waals surface area contributed by atoms with Gasteiger partial charge in [-0.15, -0.1) is 11.3 Å². The normalized spacial score (nSPS) is 29.0. The van der Waals surface area contributed by atoms with Gasteiger partial charge < -0.3 is 29.9 Å². The minimum absolute atomic E-state index is 0.295. The van der Waals surface area contributed by atoms with E-state index in [0.29, 0.717) is 13.0 Å². The van der Waals surface area contributed by atoms with Crippen LogP contribution in [0.2, 0.25) is 0 Å². The van der Waals surface area contributed by atoms with Crippen molar-refractivity contribution in [2.45, 2.75) is 43.5 Å². The largest absolute Gasteiger partial charge is 0.394 e. The maximum atomic E-state index is 9.92. The SMILES string of the molecule is OCC1OC(OCCCc2nc(-c3ccccc3)cs2)C(O)C(O)C1O. The molecule has 4 N–H and O–H groups in total.